The van der Waals surface area contributed by atoms with Gasteiger partial charge in [-0.05, 0) is 66.4 Å². The molecule has 0 bridgehead atoms. The third-order valence-electron chi connectivity index (χ3n) is 3.71. The number of carbonyl (C=O) groups excluding carboxylic acids is 1. The van der Waals surface area contributed by atoms with E-state index < -0.39 is 0 Å². The highest BCUT2D eigenvalue weighted by Gasteiger charge is 2.06. The van der Waals surface area contributed by atoms with E-state index in [1.54, 1.807) is 22.2 Å². The molecule has 0 saturated heterocycles. The lowest BCUT2D eigenvalue weighted by molar-refractivity contribution is 0.0953. The molecular weight excluding hydrogens is 400 g/mol. The zero-order valence-electron chi connectivity index (χ0n) is 13.9. The Morgan fingerprint density at radius 3 is 2.72 bits per heavy atom. The molecule has 5 nitrogen and oxygen atoms in total. The lowest BCUT2D eigenvalue weighted by Crippen LogP contribution is -2.24. The van der Waals surface area contributed by atoms with Crippen molar-refractivity contribution in [1.82, 2.24) is 20.1 Å². The number of hydrogen-bond donors (Lipinski definition) is 1. The molecule has 3 aromatic rings. The second-order valence-electron chi connectivity index (χ2n) is 5.75. The van der Waals surface area contributed by atoms with Gasteiger partial charge in [0.25, 0.3) is 5.91 Å². The number of aromatic nitrogens is 3. The average molecular weight is 419 g/mol. The maximum Gasteiger partial charge on any atom is 0.251 e. The lowest BCUT2D eigenvalue weighted by atomic mass is 10.2. The lowest BCUT2D eigenvalue weighted by Gasteiger charge is -2.06. The number of hydrogen-bond acceptors (Lipinski definition) is 4. The number of nitrogens with zero attached hydrogens (tertiary/aromatic N) is 3. The summed E-state index contributed by atoms with van der Waals surface area (Å²) in [7, 11) is 0. The fraction of sp³-hybridized carbons (Fsp3) is 0.278. The maximum absolute atomic E-state index is 12.2. The number of benzene rings is 1. The van der Waals surface area contributed by atoms with Gasteiger partial charge in [0.2, 0.25) is 0 Å². The SMILES string of the molecule is Cc1csc(CCCCNC(=O)c2ccc(-n3cc(Br)cn3)cc2)n1. The van der Waals surface area contributed by atoms with Gasteiger partial charge < -0.3 is 5.32 Å². The van der Waals surface area contributed by atoms with Crippen molar-refractivity contribution < 1.29 is 4.79 Å². The number of thiazole rings is 1. The molecule has 0 unspecified atom stereocenters. The fourth-order valence-corrected chi connectivity index (χ4v) is 3.53. The van der Waals surface area contributed by atoms with E-state index in [-0.39, 0.29) is 5.91 Å². The normalized spacial score (nSPS) is 10.8. The van der Waals surface area contributed by atoms with E-state index in [4.69, 9.17) is 0 Å². The van der Waals surface area contributed by atoms with E-state index in [1.165, 1.54) is 5.01 Å². The van der Waals surface area contributed by atoms with Gasteiger partial charge in [-0.3, -0.25) is 4.79 Å². The molecule has 0 fully saturated rings. The molecule has 0 saturated carbocycles. The first-order chi connectivity index (χ1) is 12.1. The summed E-state index contributed by atoms with van der Waals surface area (Å²) in [6.07, 6.45) is 6.55. The van der Waals surface area contributed by atoms with E-state index in [1.807, 2.05) is 37.4 Å². The van der Waals surface area contributed by atoms with Gasteiger partial charge in [0.15, 0.2) is 0 Å². The molecule has 0 radical (unpaired) electrons. The predicted octanol–water partition coefficient (Wildman–Crippen LogP) is 4.15. The molecule has 0 spiro atoms. The van der Waals surface area contributed by atoms with Gasteiger partial charge in [0.05, 0.1) is 21.4 Å². The molecule has 1 amide bonds. The zero-order valence-corrected chi connectivity index (χ0v) is 16.3. The highest BCUT2D eigenvalue weighted by Crippen LogP contribution is 2.14. The molecule has 2 aromatic heterocycles. The topological polar surface area (TPSA) is 59.8 Å². The Labute approximate surface area is 159 Å². The van der Waals surface area contributed by atoms with Gasteiger partial charge in [0, 0.05) is 29.4 Å². The summed E-state index contributed by atoms with van der Waals surface area (Å²) < 4.78 is 2.67. The summed E-state index contributed by atoms with van der Waals surface area (Å²) in [4.78, 5) is 16.6. The number of amides is 1. The van der Waals surface area contributed by atoms with E-state index in [0.29, 0.717) is 12.1 Å². The quantitative estimate of drug-likeness (QED) is 0.586. The van der Waals surface area contributed by atoms with Gasteiger partial charge in [-0.15, -0.1) is 11.3 Å². The molecule has 1 aromatic carbocycles. The summed E-state index contributed by atoms with van der Waals surface area (Å²) in [6, 6.07) is 7.41. The summed E-state index contributed by atoms with van der Waals surface area (Å²) >= 11 is 5.08. The van der Waals surface area contributed by atoms with E-state index in [2.05, 4.69) is 36.7 Å². The smallest absolute Gasteiger partial charge is 0.251 e. The van der Waals surface area contributed by atoms with Crippen LogP contribution in [0.5, 0.6) is 0 Å². The molecule has 25 heavy (non-hydrogen) atoms. The fourth-order valence-electron chi connectivity index (χ4n) is 2.43. The van der Waals surface area contributed by atoms with Crippen LogP contribution in [0.1, 0.15) is 33.9 Å². The highest BCUT2D eigenvalue weighted by atomic mass is 79.9. The Kier molecular flexibility index (Phi) is 5.99. The van der Waals surface area contributed by atoms with Crippen molar-refractivity contribution in [2.45, 2.75) is 26.2 Å². The van der Waals surface area contributed by atoms with Crippen LogP contribution in [-0.4, -0.2) is 27.2 Å². The predicted molar refractivity (Wildman–Crippen MR) is 103 cm³/mol. The first-order valence-electron chi connectivity index (χ1n) is 8.11. The van der Waals surface area contributed by atoms with Crippen LogP contribution in [0, 0.1) is 6.92 Å². The molecule has 0 aliphatic rings. The Balaban J connectivity index is 1.43. The van der Waals surface area contributed by atoms with E-state index in [9.17, 15) is 4.79 Å². The van der Waals surface area contributed by atoms with Crippen molar-refractivity contribution in [2.75, 3.05) is 6.54 Å². The Hall–Kier alpha value is -1.99. The van der Waals surface area contributed by atoms with Gasteiger partial charge >= 0.3 is 0 Å². The summed E-state index contributed by atoms with van der Waals surface area (Å²) in [6.45, 7) is 2.69. The summed E-state index contributed by atoms with van der Waals surface area (Å²) in [5.41, 5.74) is 2.66. The van der Waals surface area contributed by atoms with Crippen LogP contribution in [0.4, 0.5) is 0 Å². The van der Waals surface area contributed by atoms with Gasteiger partial charge in [0.1, 0.15) is 0 Å². The van der Waals surface area contributed by atoms with Crippen molar-refractivity contribution in [3.8, 4) is 5.69 Å². The van der Waals surface area contributed by atoms with E-state index in [0.717, 1.165) is 35.1 Å². The minimum absolute atomic E-state index is 0.0433. The molecular formula is C18H19BrN4OS. The van der Waals surface area contributed by atoms with Crippen LogP contribution >= 0.6 is 27.3 Å². The minimum atomic E-state index is -0.0433. The Morgan fingerprint density at radius 2 is 2.08 bits per heavy atom. The van der Waals surface area contributed by atoms with Crippen LogP contribution in [0.3, 0.4) is 0 Å². The molecule has 1 N–H and O–H groups in total. The van der Waals surface area contributed by atoms with E-state index >= 15 is 0 Å². The van der Waals surface area contributed by atoms with Crippen LogP contribution in [-0.2, 0) is 6.42 Å². The number of carbonyl (C=O) groups is 1. The minimum Gasteiger partial charge on any atom is -0.352 e. The Bertz CT molecular complexity index is 841. The first-order valence-corrected chi connectivity index (χ1v) is 9.79. The number of halogens is 1. The van der Waals surface area contributed by atoms with Crippen LogP contribution < -0.4 is 5.32 Å². The number of rotatable bonds is 7. The molecule has 0 aliphatic carbocycles. The monoisotopic (exact) mass is 418 g/mol. The van der Waals surface area contributed by atoms with Crippen LogP contribution in [0.15, 0.2) is 46.5 Å². The van der Waals surface area contributed by atoms with Crippen molar-refractivity contribution in [3.05, 3.63) is 62.8 Å². The van der Waals surface area contributed by atoms with Gasteiger partial charge in [-0.25, -0.2) is 9.67 Å². The second kappa shape index (κ2) is 8.40. The van der Waals surface area contributed by atoms with Gasteiger partial charge in [-0.2, -0.15) is 5.10 Å². The summed E-state index contributed by atoms with van der Waals surface area (Å²) in [5.74, 6) is -0.0433. The zero-order chi connectivity index (χ0) is 17.6. The third-order valence-corrected chi connectivity index (χ3v) is 5.15. The molecule has 0 aliphatic heterocycles. The number of nitrogens with one attached hydrogen (secondary N) is 1. The van der Waals surface area contributed by atoms with Gasteiger partial charge in [-0.1, -0.05) is 0 Å². The number of unbranched alkanes of at least 4 members (excludes halogenated alkanes) is 1. The second-order valence-corrected chi connectivity index (χ2v) is 7.60. The maximum atomic E-state index is 12.2. The number of aryl methyl sites for hydroxylation is 2. The molecule has 130 valence electrons. The Morgan fingerprint density at radius 1 is 1.28 bits per heavy atom. The average Bonchev–Trinajstić information content (AvgIpc) is 3.23. The molecule has 0 atom stereocenters. The highest BCUT2D eigenvalue weighted by molar-refractivity contribution is 9.10. The molecule has 7 heteroatoms. The van der Waals surface area contributed by atoms with Crippen molar-refractivity contribution in [3.63, 3.8) is 0 Å². The third kappa shape index (κ3) is 4.99. The van der Waals surface area contributed by atoms with Crippen molar-refractivity contribution in [2.24, 2.45) is 0 Å². The largest absolute Gasteiger partial charge is 0.352 e. The van der Waals surface area contributed by atoms with Crippen molar-refractivity contribution >= 4 is 33.2 Å². The standard InChI is InChI=1S/C18H19BrN4OS/c1-13-12-25-17(22-13)4-2-3-9-20-18(24)14-5-7-16(8-6-14)23-11-15(19)10-21-23/h5-8,10-12H,2-4,9H2,1H3,(H,20,24). The molecule has 2 heterocycles. The van der Waals surface area contributed by atoms with Crippen LogP contribution in [0.2, 0.25) is 0 Å². The van der Waals surface area contributed by atoms with Crippen molar-refractivity contribution in [1.29, 1.82) is 0 Å². The van der Waals surface area contributed by atoms with Crippen LogP contribution in [0.25, 0.3) is 5.69 Å². The first kappa shape index (κ1) is 17.8. The molecule has 3 rings (SSSR count). The summed E-state index contributed by atoms with van der Waals surface area (Å²) in [5, 5.41) is 10.4.